The Morgan fingerprint density at radius 1 is 1.04 bits per heavy atom. The Balaban J connectivity index is 1.81. The molecule has 0 radical (unpaired) electrons. The average molecular weight is 343 g/mol. The van der Waals surface area contributed by atoms with Crippen LogP contribution in [0, 0.1) is 5.82 Å². The second-order valence-corrected chi connectivity index (χ2v) is 6.77. The number of rotatable bonds is 5. The average Bonchev–Trinajstić information content (AvgIpc) is 2.58. The first-order chi connectivity index (χ1) is 11.8. The van der Waals surface area contributed by atoms with Crippen LogP contribution in [0.4, 0.5) is 4.39 Å². The summed E-state index contributed by atoms with van der Waals surface area (Å²) >= 11 is 0. The van der Waals surface area contributed by atoms with E-state index in [0.29, 0.717) is 0 Å². The third kappa shape index (κ3) is 5.41. The molecular formula is C20H22FNO3. The smallest absolute Gasteiger partial charge is 0.325 e. The highest BCUT2D eigenvalue weighted by molar-refractivity contribution is 5.96. The first-order valence-electron chi connectivity index (χ1n) is 8.05. The van der Waals surface area contributed by atoms with Gasteiger partial charge in [-0.3, -0.25) is 9.59 Å². The maximum Gasteiger partial charge on any atom is 0.325 e. The summed E-state index contributed by atoms with van der Waals surface area (Å²) in [5.74, 6) is -1.86. The van der Waals surface area contributed by atoms with Gasteiger partial charge in [0.15, 0.2) is 0 Å². The van der Waals surface area contributed by atoms with Crippen LogP contribution < -0.4 is 5.32 Å². The molecule has 0 aromatic heterocycles. The van der Waals surface area contributed by atoms with Gasteiger partial charge in [-0.25, -0.2) is 4.39 Å². The van der Waals surface area contributed by atoms with Crippen molar-refractivity contribution < 1.29 is 18.7 Å². The summed E-state index contributed by atoms with van der Waals surface area (Å²) < 4.78 is 18.6. The van der Waals surface area contributed by atoms with E-state index in [-0.39, 0.29) is 24.1 Å². The van der Waals surface area contributed by atoms with E-state index in [1.54, 1.807) is 6.07 Å². The quantitative estimate of drug-likeness (QED) is 0.844. The minimum atomic E-state index is -0.649. The van der Waals surface area contributed by atoms with Crippen molar-refractivity contribution in [3.8, 4) is 0 Å². The fourth-order valence-corrected chi connectivity index (χ4v) is 2.21. The minimum Gasteiger partial charge on any atom is -0.460 e. The highest BCUT2D eigenvalue weighted by Crippen LogP contribution is 2.22. The SMILES string of the molecule is CC(C)(C)c1ccc(COC(=O)CNC(=O)c2ccccc2F)cc1. The van der Waals surface area contributed by atoms with E-state index in [4.69, 9.17) is 4.74 Å². The highest BCUT2D eigenvalue weighted by Gasteiger charge is 2.14. The predicted octanol–water partition coefficient (Wildman–Crippen LogP) is 3.60. The van der Waals surface area contributed by atoms with Gasteiger partial charge in [0, 0.05) is 0 Å². The van der Waals surface area contributed by atoms with Crippen LogP contribution in [-0.4, -0.2) is 18.4 Å². The zero-order valence-electron chi connectivity index (χ0n) is 14.6. The third-order valence-corrected chi connectivity index (χ3v) is 3.73. The van der Waals surface area contributed by atoms with Gasteiger partial charge in [0.2, 0.25) is 0 Å². The lowest BCUT2D eigenvalue weighted by Gasteiger charge is -2.19. The van der Waals surface area contributed by atoms with E-state index in [0.717, 1.165) is 5.56 Å². The Kier molecular flexibility index (Phi) is 5.91. The van der Waals surface area contributed by atoms with Gasteiger partial charge in [0.1, 0.15) is 19.0 Å². The molecule has 0 saturated heterocycles. The zero-order chi connectivity index (χ0) is 18.4. The molecule has 0 aliphatic carbocycles. The summed E-state index contributed by atoms with van der Waals surface area (Å²) in [4.78, 5) is 23.5. The largest absolute Gasteiger partial charge is 0.460 e. The van der Waals surface area contributed by atoms with Crippen LogP contribution in [0.1, 0.15) is 42.3 Å². The molecule has 0 fully saturated rings. The molecule has 1 amide bonds. The Morgan fingerprint density at radius 3 is 2.28 bits per heavy atom. The van der Waals surface area contributed by atoms with Gasteiger partial charge in [-0.15, -0.1) is 0 Å². The van der Waals surface area contributed by atoms with Crippen molar-refractivity contribution in [2.45, 2.75) is 32.8 Å². The van der Waals surface area contributed by atoms with E-state index < -0.39 is 17.7 Å². The van der Waals surface area contributed by atoms with Gasteiger partial charge >= 0.3 is 5.97 Å². The van der Waals surface area contributed by atoms with Crippen molar-refractivity contribution in [1.29, 1.82) is 0 Å². The summed E-state index contributed by atoms with van der Waals surface area (Å²) in [6.45, 7) is 6.19. The van der Waals surface area contributed by atoms with Gasteiger partial charge in [-0.1, -0.05) is 57.2 Å². The summed E-state index contributed by atoms with van der Waals surface area (Å²) in [5, 5.41) is 2.35. The van der Waals surface area contributed by atoms with Crippen LogP contribution in [0.25, 0.3) is 0 Å². The second-order valence-electron chi connectivity index (χ2n) is 6.77. The molecule has 2 aromatic rings. The van der Waals surface area contributed by atoms with Gasteiger partial charge in [-0.05, 0) is 28.7 Å². The maximum atomic E-state index is 13.5. The number of carbonyl (C=O) groups excluding carboxylic acids is 2. The molecule has 5 heteroatoms. The molecule has 0 aliphatic rings. The molecule has 0 saturated carbocycles. The highest BCUT2D eigenvalue weighted by atomic mass is 19.1. The van der Waals surface area contributed by atoms with Crippen molar-refractivity contribution >= 4 is 11.9 Å². The van der Waals surface area contributed by atoms with Crippen molar-refractivity contribution in [2.24, 2.45) is 0 Å². The molecule has 2 rings (SSSR count). The Hall–Kier alpha value is -2.69. The Labute approximate surface area is 147 Å². The molecule has 132 valence electrons. The lowest BCUT2D eigenvalue weighted by molar-refractivity contribution is -0.143. The van der Waals surface area contributed by atoms with Crippen LogP contribution in [0.3, 0.4) is 0 Å². The van der Waals surface area contributed by atoms with E-state index in [9.17, 15) is 14.0 Å². The van der Waals surface area contributed by atoms with E-state index in [1.165, 1.54) is 23.8 Å². The first-order valence-corrected chi connectivity index (χ1v) is 8.05. The molecule has 0 aliphatic heterocycles. The molecule has 0 bridgehead atoms. The molecule has 0 spiro atoms. The van der Waals surface area contributed by atoms with Gasteiger partial charge < -0.3 is 10.1 Å². The molecule has 1 N–H and O–H groups in total. The zero-order valence-corrected chi connectivity index (χ0v) is 14.6. The molecule has 0 atom stereocenters. The number of ether oxygens (including phenoxy) is 1. The standard InChI is InChI=1S/C20H22FNO3/c1-20(2,3)15-10-8-14(9-11-15)13-25-18(23)12-22-19(24)16-6-4-5-7-17(16)21/h4-11H,12-13H2,1-3H3,(H,22,24). The summed E-state index contributed by atoms with van der Waals surface area (Å²) in [7, 11) is 0. The number of nitrogens with one attached hydrogen (secondary N) is 1. The Bertz CT molecular complexity index is 748. The topological polar surface area (TPSA) is 55.4 Å². The van der Waals surface area contributed by atoms with Crippen molar-refractivity contribution in [3.63, 3.8) is 0 Å². The normalized spacial score (nSPS) is 11.0. The molecule has 0 unspecified atom stereocenters. The maximum absolute atomic E-state index is 13.5. The Morgan fingerprint density at radius 2 is 1.68 bits per heavy atom. The number of hydrogen-bond donors (Lipinski definition) is 1. The molecule has 0 heterocycles. The van der Waals surface area contributed by atoms with Gasteiger partial charge in [-0.2, -0.15) is 0 Å². The van der Waals surface area contributed by atoms with Crippen LogP contribution in [0.5, 0.6) is 0 Å². The number of esters is 1. The minimum absolute atomic E-state index is 0.0617. The number of hydrogen-bond acceptors (Lipinski definition) is 3. The molecular weight excluding hydrogens is 321 g/mol. The van der Waals surface area contributed by atoms with Crippen LogP contribution >= 0.6 is 0 Å². The first kappa shape index (κ1) is 18.6. The second kappa shape index (κ2) is 7.92. The number of halogens is 1. The molecule has 4 nitrogen and oxygen atoms in total. The van der Waals surface area contributed by atoms with E-state index in [2.05, 4.69) is 26.1 Å². The van der Waals surface area contributed by atoms with Crippen molar-refractivity contribution in [1.82, 2.24) is 5.32 Å². The van der Waals surface area contributed by atoms with Crippen molar-refractivity contribution in [2.75, 3.05) is 6.54 Å². The monoisotopic (exact) mass is 343 g/mol. The number of carbonyl (C=O) groups is 2. The van der Waals surface area contributed by atoms with Crippen molar-refractivity contribution in [3.05, 3.63) is 71.0 Å². The predicted molar refractivity (Wildman–Crippen MR) is 93.7 cm³/mol. The number of amides is 1. The lowest BCUT2D eigenvalue weighted by atomic mass is 9.87. The fraction of sp³-hybridized carbons (Fsp3) is 0.300. The van der Waals surface area contributed by atoms with Crippen LogP contribution in [0.2, 0.25) is 0 Å². The summed E-state index contributed by atoms with van der Waals surface area (Å²) in [5.41, 5.74) is 2.02. The van der Waals surface area contributed by atoms with Gasteiger partial charge in [0.05, 0.1) is 5.56 Å². The number of benzene rings is 2. The van der Waals surface area contributed by atoms with Crippen LogP contribution in [-0.2, 0) is 21.6 Å². The van der Waals surface area contributed by atoms with E-state index >= 15 is 0 Å². The molecule has 2 aromatic carbocycles. The fourth-order valence-electron chi connectivity index (χ4n) is 2.21. The van der Waals surface area contributed by atoms with Crippen LogP contribution in [0.15, 0.2) is 48.5 Å². The van der Waals surface area contributed by atoms with E-state index in [1.807, 2.05) is 24.3 Å². The van der Waals surface area contributed by atoms with Gasteiger partial charge in [0.25, 0.3) is 5.91 Å². The summed E-state index contributed by atoms with van der Waals surface area (Å²) in [6.07, 6.45) is 0. The summed E-state index contributed by atoms with van der Waals surface area (Å²) in [6, 6.07) is 13.4. The third-order valence-electron chi connectivity index (χ3n) is 3.73. The lowest BCUT2D eigenvalue weighted by Crippen LogP contribution is -2.31. The molecule has 25 heavy (non-hydrogen) atoms.